The van der Waals surface area contributed by atoms with Gasteiger partial charge in [0.2, 0.25) is 5.91 Å². The van der Waals surface area contributed by atoms with Crippen molar-refractivity contribution in [2.75, 3.05) is 11.1 Å². The Kier molecular flexibility index (Phi) is 6.36. The fourth-order valence-corrected chi connectivity index (χ4v) is 5.15. The molecule has 0 aliphatic heterocycles. The third kappa shape index (κ3) is 4.95. The number of ketones is 1. The molecule has 4 aromatic rings. The Hall–Kier alpha value is -2.74. The molecule has 31 heavy (non-hydrogen) atoms. The highest BCUT2D eigenvalue weighted by Gasteiger charge is 2.17. The highest BCUT2D eigenvalue weighted by molar-refractivity contribution is 8.01. The molecular weight excluding hydrogens is 426 g/mol. The molecule has 7 heteroatoms. The molecule has 0 unspecified atom stereocenters. The van der Waals surface area contributed by atoms with Gasteiger partial charge in [0.05, 0.1) is 22.0 Å². The van der Waals surface area contributed by atoms with Crippen molar-refractivity contribution in [3.63, 3.8) is 0 Å². The SMILES string of the molecule is CC(C)[C@@H](N)C(=O)Nc1ccc2nc(SCC(=O)c3ccc4ccccc4c3)sc2c1. The summed E-state index contributed by atoms with van der Waals surface area (Å²) in [6, 6.07) is 18.8. The first-order valence-electron chi connectivity index (χ1n) is 10.0. The predicted octanol–water partition coefficient (Wildman–Crippen LogP) is 5.35. The number of thiazole rings is 1. The van der Waals surface area contributed by atoms with Crippen molar-refractivity contribution in [2.24, 2.45) is 11.7 Å². The summed E-state index contributed by atoms with van der Waals surface area (Å²) in [5.74, 6) is 0.265. The molecule has 1 atom stereocenters. The van der Waals surface area contributed by atoms with Crippen LogP contribution in [0.3, 0.4) is 0 Å². The summed E-state index contributed by atoms with van der Waals surface area (Å²) in [4.78, 5) is 29.5. The zero-order valence-electron chi connectivity index (χ0n) is 17.3. The number of benzene rings is 3. The molecule has 4 rings (SSSR count). The molecule has 0 saturated heterocycles. The maximum absolute atomic E-state index is 12.7. The summed E-state index contributed by atoms with van der Waals surface area (Å²) in [5, 5.41) is 5.05. The van der Waals surface area contributed by atoms with Crippen LogP contribution in [0.4, 0.5) is 5.69 Å². The van der Waals surface area contributed by atoms with Crippen molar-refractivity contribution in [1.82, 2.24) is 4.98 Å². The number of anilines is 1. The lowest BCUT2D eigenvalue weighted by Crippen LogP contribution is -2.39. The van der Waals surface area contributed by atoms with E-state index in [0.29, 0.717) is 17.0 Å². The van der Waals surface area contributed by atoms with E-state index >= 15 is 0 Å². The molecule has 0 radical (unpaired) electrons. The number of thioether (sulfide) groups is 1. The fourth-order valence-electron chi connectivity index (χ4n) is 3.14. The molecule has 3 N–H and O–H groups in total. The standard InChI is InChI=1S/C24H23N3O2S2/c1-14(2)22(25)23(29)26-18-9-10-19-21(12-18)31-24(27-19)30-13-20(28)17-8-7-15-5-3-4-6-16(15)11-17/h3-12,14,22H,13,25H2,1-2H3,(H,26,29)/t22-/m1/s1. The lowest BCUT2D eigenvalue weighted by Gasteiger charge is -2.15. The Bertz CT molecular complexity index is 1270. The number of fused-ring (bicyclic) bond motifs is 2. The molecule has 5 nitrogen and oxygen atoms in total. The summed E-state index contributed by atoms with van der Waals surface area (Å²) < 4.78 is 1.78. The molecule has 158 valence electrons. The molecule has 0 aliphatic carbocycles. The van der Waals surface area contributed by atoms with Crippen LogP contribution in [0.25, 0.3) is 21.0 Å². The maximum atomic E-state index is 12.7. The Labute approximate surface area is 189 Å². The number of carbonyl (C=O) groups excluding carboxylic acids is 2. The zero-order chi connectivity index (χ0) is 22.0. The van der Waals surface area contributed by atoms with Gasteiger partial charge in [0, 0.05) is 11.3 Å². The van der Waals surface area contributed by atoms with Crippen LogP contribution in [0, 0.1) is 5.92 Å². The number of rotatable bonds is 7. The number of nitrogens with one attached hydrogen (secondary N) is 1. The minimum Gasteiger partial charge on any atom is -0.325 e. The van der Waals surface area contributed by atoms with Crippen LogP contribution in [0.15, 0.2) is 65.0 Å². The molecule has 1 amide bonds. The van der Waals surface area contributed by atoms with E-state index in [1.807, 2.05) is 74.5 Å². The quantitative estimate of drug-likeness (QED) is 0.294. The van der Waals surface area contributed by atoms with E-state index in [1.165, 1.54) is 23.1 Å². The van der Waals surface area contributed by atoms with E-state index in [2.05, 4.69) is 10.3 Å². The molecule has 0 fully saturated rings. The van der Waals surface area contributed by atoms with Crippen LogP contribution in [-0.2, 0) is 4.79 Å². The number of carbonyl (C=O) groups is 2. The van der Waals surface area contributed by atoms with Gasteiger partial charge in [-0.1, -0.05) is 62.0 Å². The second-order valence-electron chi connectivity index (χ2n) is 7.70. The molecule has 0 bridgehead atoms. The minimum absolute atomic E-state index is 0.0651. The molecule has 1 heterocycles. The van der Waals surface area contributed by atoms with Gasteiger partial charge < -0.3 is 11.1 Å². The Balaban J connectivity index is 1.43. The minimum atomic E-state index is -0.551. The lowest BCUT2D eigenvalue weighted by atomic mass is 10.1. The number of hydrogen-bond donors (Lipinski definition) is 2. The van der Waals surface area contributed by atoms with Crippen LogP contribution < -0.4 is 11.1 Å². The largest absolute Gasteiger partial charge is 0.325 e. The normalized spacial score (nSPS) is 12.4. The summed E-state index contributed by atoms with van der Waals surface area (Å²) in [5.41, 5.74) is 8.16. The highest BCUT2D eigenvalue weighted by atomic mass is 32.2. The second-order valence-corrected chi connectivity index (χ2v) is 9.95. The van der Waals surface area contributed by atoms with Crippen molar-refractivity contribution < 1.29 is 9.59 Å². The predicted molar refractivity (Wildman–Crippen MR) is 130 cm³/mol. The van der Waals surface area contributed by atoms with Gasteiger partial charge in [-0.2, -0.15) is 0 Å². The van der Waals surface area contributed by atoms with Crippen LogP contribution in [0.2, 0.25) is 0 Å². The van der Waals surface area contributed by atoms with Crippen LogP contribution in [0.5, 0.6) is 0 Å². The Morgan fingerprint density at radius 1 is 1.06 bits per heavy atom. The van der Waals surface area contributed by atoms with E-state index in [-0.39, 0.29) is 17.6 Å². The number of amides is 1. The number of Topliss-reactive ketones (excluding diaryl/α,β-unsaturated/α-hetero) is 1. The molecule has 0 spiro atoms. The van der Waals surface area contributed by atoms with Gasteiger partial charge in [-0.25, -0.2) is 4.98 Å². The summed E-state index contributed by atoms with van der Waals surface area (Å²) in [6.45, 7) is 3.83. The van der Waals surface area contributed by atoms with Crippen LogP contribution >= 0.6 is 23.1 Å². The molecule has 3 aromatic carbocycles. The van der Waals surface area contributed by atoms with Crippen molar-refractivity contribution in [2.45, 2.75) is 24.2 Å². The average molecular weight is 450 g/mol. The van der Waals surface area contributed by atoms with Gasteiger partial charge >= 0.3 is 0 Å². The van der Waals surface area contributed by atoms with Crippen molar-refractivity contribution in [1.29, 1.82) is 0 Å². The van der Waals surface area contributed by atoms with Crippen molar-refractivity contribution in [3.8, 4) is 0 Å². The lowest BCUT2D eigenvalue weighted by molar-refractivity contribution is -0.118. The van der Waals surface area contributed by atoms with Gasteiger partial charge in [0.1, 0.15) is 0 Å². The first-order chi connectivity index (χ1) is 14.9. The topological polar surface area (TPSA) is 85.1 Å². The first-order valence-corrected chi connectivity index (χ1v) is 11.8. The van der Waals surface area contributed by atoms with Crippen molar-refractivity contribution >= 4 is 61.5 Å². The van der Waals surface area contributed by atoms with Gasteiger partial charge in [-0.05, 0) is 41.0 Å². The Morgan fingerprint density at radius 3 is 2.61 bits per heavy atom. The number of nitrogens with zero attached hydrogens (tertiary/aromatic N) is 1. The molecular formula is C24H23N3O2S2. The average Bonchev–Trinajstić information content (AvgIpc) is 3.18. The number of hydrogen-bond acceptors (Lipinski definition) is 6. The van der Waals surface area contributed by atoms with E-state index in [9.17, 15) is 9.59 Å². The number of aromatic nitrogens is 1. The fraction of sp³-hybridized carbons (Fsp3) is 0.208. The van der Waals surface area contributed by atoms with Crippen LogP contribution in [0.1, 0.15) is 24.2 Å². The van der Waals surface area contributed by atoms with Crippen molar-refractivity contribution in [3.05, 3.63) is 66.2 Å². The third-order valence-electron chi connectivity index (χ3n) is 5.06. The van der Waals surface area contributed by atoms with Gasteiger partial charge in [0.25, 0.3) is 0 Å². The van der Waals surface area contributed by atoms with E-state index in [4.69, 9.17) is 5.73 Å². The molecule has 0 saturated carbocycles. The second kappa shape index (κ2) is 9.18. The van der Waals surface area contributed by atoms with E-state index in [0.717, 1.165) is 25.3 Å². The van der Waals surface area contributed by atoms with Gasteiger partial charge in [0.15, 0.2) is 10.1 Å². The van der Waals surface area contributed by atoms with E-state index < -0.39 is 6.04 Å². The Morgan fingerprint density at radius 2 is 1.84 bits per heavy atom. The molecule has 0 aliphatic rings. The van der Waals surface area contributed by atoms with E-state index in [1.54, 1.807) is 0 Å². The summed E-state index contributed by atoms with van der Waals surface area (Å²) in [6.07, 6.45) is 0. The summed E-state index contributed by atoms with van der Waals surface area (Å²) in [7, 11) is 0. The number of nitrogens with two attached hydrogens (primary N) is 1. The van der Waals surface area contributed by atoms with Crippen LogP contribution in [-0.4, -0.2) is 28.5 Å². The zero-order valence-corrected chi connectivity index (χ0v) is 18.9. The monoisotopic (exact) mass is 449 g/mol. The van der Waals surface area contributed by atoms with Gasteiger partial charge in [-0.3, -0.25) is 9.59 Å². The van der Waals surface area contributed by atoms with Gasteiger partial charge in [-0.15, -0.1) is 11.3 Å². The smallest absolute Gasteiger partial charge is 0.241 e. The first kappa shape index (κ1) is 21.5. The summed E-state index contributed by atoms with van der Waals surface area (Å²) >= 11 is 2.94. The maximum Gasteiger partial charge on any atom is 0.241 e. The third-order valence-corrected chi connectivity index (χ3v) is 7.22. The highest BCUT2D eigenvalue weighted by Crippen LogP contribution is 2.32. The molecule has 1 aromatic heterocycles.